The van der Waals surface area contributed by atoms with E-state index in [1.807, 2.05) is 6.07 Å². The van der Waals surface area contributed by atoms with E-state index in [0.717, 1.165) is 18.8 Å². The number of nitrogens with one attached hydrogen (secondary N) is 1. The van der Waals surface area contributed by atoms with Crippen LogP contribution in [0.2, 0.25) is 0 Å². The summed E-state index contributed by atoms with van der Waals surface area (Å²) >= 11 is 0. The van der Waals surface area contributed by atoms with Gasteiger partial charge in [-0.1, -0.05) is 30.3 Å². The third-order valence-corrected chi connectivity index (χ3v) is 3.45. The topological polar surface area (TPSA) is 31.9 Å². The lowest BCUT2D eigenvalue weighted by Crippen LogP contribution is -2.25. The van der Waals surface area contributed by atoms with Crippen LogP contribution in [-0.4, -0.2) is 21.1 Å². The molecule has 1 aliphatic rings. The quantitative estimate of drug-likeness (QED) is 0.855. The molecule has 0 spiro atoms. The number of H-pyrrole nitrogens is 1. The maximum absolute atomic E-state index is 4.45. The van der Waals surface area contributed by atoms with Crippen LogP contribution >= 0.6 is 0 Å². The smallest absolute Gasteiger partial charge is 0.0969 e. The van der Waals surface area contributed by atoms with Crippen molar-refractivity contribution >= 4 is 0 Å². The molecule has 3 rings (SSSR count). The number of aromatic amines is 1. The third kappa shape index (κ3) is 1.76. The minimum absolute atomic E-state index is 0.583. The maximum Gasteiger partial charge on any atom is 0.0969 e. The number of benzene rings is 1. The van der Waals surface area contributed by atoms with Crippen LogP contribution in [-0.2, 0) is 13.1 Å². The Hall–Kier alpha value is -1.61. The lowest BCUT2D eigenvalue weighted by molar-refractivity contribution is 0.225. The Morgan fingerprint density at radius 1 is 1.18 bits per heavy atom. The number of nitrogens with zero attached hydrogens (tertiary/aromatic N) is 2. The van der Waals surface area contributed by atoms with E-state index in [2.05, 4.69) is 53.2 Å². The second kappa shape index (κ2) is 4.00. The Labute approximate surface area is 101 Å². The third-order valence-electron chi connectivity index (χ3n) is 3.45. The van der Waals surface area contributed by atoms with Gasteiger partial charge in [0.1, 0.15) is 0 Å². The first-order valence-electron chi connectivity index (χ1n) is 6.11. The average molecular weight is 227 g/mol. The molecular formula is C14H17N3. The van der Waals surface area contributed by atoms with E-state index in [-0.39, 0.29) is 0 Å². The predicted molar refractivity (Wildman–Crippen MR) is 68.4 cm³/mol. The molecule has 17 heavy (non-hydrogen) atoms. The molecule has 0 saturated carbocycles. The van der Waals surface area contributed by atoms with Gasteiger partial charge in [-0.2, -0.15) is 5.10 Å². The molecule has 0 radical (unpaired) electrons. The molecule has 0 aliphatic carbocycles. The zero-order chi connectivity index (χ0) is 11.8. The van der Waals surface area contributed by atoms with E-state index in [1.165, 1.54) is 16.8 Å². The Morgan fingerprint density at radius 3 is 2.65 bits per heavy atom. The van der Waals surface area contributed by atoms with Gasteiger partial charge < -0.3 is 0 Å². The van der Waals surface area contributed by atoms with Gasteiger partial charge in [-0.05, 0) is 13.8 Å². The van der Waals surface area contributed by atoms with E-state index in [9.17, 15) is 0 Å². The van der Waals surface area contributed by atoms with E-state index in [1.54, 1.807) is 0 Å². The molecule has 1 N–H and O–H groups in total. The van der Waals surface area contributed by atoms with Gasteiger partial charge in [0.05, 0.1) is 11.4 Å². The number of hydrogen-bond donors (Lipinski definition) is 1. The summed E-state index contributed by atoms with van der Waals surface area (Å²) < 4.78 is 0. The molecule has 1 aromatic carbocycles. The van der Waals surface area contributed by atoms with Crippen LogP contribution in [0.25, 0.3) is 11.3 Å². The maximum atomic E-state index is 4.45. The second-order valence-electron chi connectivity index (χ2n) is 4.89. The van der Waals surface area contributed by atoms with Crippen LogP contribution in [0.4, 0.5) is 0 Å². The zero-order valence-corrected chi connectivity index (χ0v) is 10.3. The fourth-order valence-electron chi connectivity index (χ4n) is 2.36. The van der Waals surface area contributed by atoms with Crippen molar-refractivity contribution in [1.82, 2.24) is 15.1 Å². The summed E-state index contributed by atoms with van der Waals surface area (Å²) in [6, 6.07) is 11.0. The van der Waals surface area contributed by atoms with Crippen LogP contribution in [0, 0.1) is 0 Å². The van der Waals surface area contributed by atoms with Crippen molar-refractivity contribution in [2.24, 2.45) is 0 Å². The summed E-state index contributed by atoms with van der Waals surface area (Å²) in [7, 11) is 0. The monoisotopic (exact) mass is 227 g/mol. The molecule has 1 aromatic heterocycles. The molecule has 0 atom stereocenters. The Balaban J connectivity index is 1.97. The highest BCUT2D eigenvalue weighted by Gasteiger charge is 2.26. The summed E-state index contributed by atoms with van der Waals surface area (Å²) in [5, 5.41) is 7.63. The Morgan fingerprint density at radius 2 is 1.94 bits per heavy atom. The van der Waals surface area contributed by atoms with Crippen LogP contribution in [0.15, 0.2) is 30.3 Å². The van der Waals surface area contributed by atoms with E-state index in [4.69, 9.17) is 0 Å². The highest BCUT2D eigenvalue weighted by atomic mass is 15.2. The van der Waals surface area contributed by atoms with Gasteiger partial charge >= 0.3 is 0 Å². The van der Waals surface area contributed by atoms with Crippen molar-refractivity contribution in [2.45, 2.75) is 33.0 Å². The van der Waals surface area contributed by atoms with Crippen LogP contribution in [0.5, 0.6) is 0 Å². The van der Waals surface area contributed by atoms with E-state index >= 15 is 0 Å². The minimum Gasteiger partial charge on any atom is -0.291 e. The molecule has 0 fully saturated rings. The number of hydrogen-bond acceptors (Lipinski definition) is 2. The molecule has 0 amide bonds. The van der Waals surface area contributed by atoms with Crippen molar-refractivity contribution in [3.63, 3.8) is 0 Å². The summed E-state index contributed by atoms with van der Waals surface area (Å²) in [4.78, 5) is 2.45. The standard InChI is InChI=1S/C14H17N3/c1-10(2)17-8-12-13(9-17)15-16-14(12)11-6-4-3-5-7-11/h3-7,10H,8-9H2,1-2H3,(H,15,16). The van der Waals surface area contributed by atoms with Gasteiger partial charge in [0.2, 0.25) is 0 Å². The molecule has 2 aromatic rings. The zero-order valence-electron chi connectivity index (χ0n) is 10.3. The van der Waals surface area contributed by atoms with Crippen molar-refractivity contribution in [2.75, 3.05) is 0 Å². The van der Waals surface area contributed by atoms with Gasteiger partial charge in [-0.3, -0.25) is 10.00 Å². The molecule has 0 bridgehead atoms. The van der Waals surface area contributed by atoms with E-state index < -0.39 is 0 Å². The highest BCUT2D eigenvalue weighted by Crippen LogP contribution is 2.31. The minimum atomic E-state index is 0.583. The molecule has 0 saturated heterocycles. The molecule has 0 unspecified atom stereocenters. The van der Waals surface area contributed by atoms with Gasteiger partial charge in [0, 0.05) is 30.3 Å². The van der Waals surface area contributed by atoms with Gasteiger partial charge in [-0.25, -0.2) is 0 Å². The van der Waals surface area contributed by atoms with Crippen LogP contribution in [0.3, 0.4) is 0 Å². The van der Waals surface area contributed by atoms with Crippen molar-refractivity contribution in [3.05, 3.63) is 41.6 Å². The summed E-state index contributed by atoms with van der Waals surface area (Å²) in [5.74, 6) is 0. The molecular weight excluding hydrogens is 210 g/mol. The Kier molecular flexibility index (Phi) is 2.48. The number of fused-ring (bicyclic) bond motifs is 1. The lowest BCUT2D eigenvalue weighted by atomic mass is 10.1. The first-order chi connectivity index (χ1) is 8.25. The van der Waals surface area contributed by atoms with Crippen molar-refractivity contribution in [1.29, 1.82) is 0 Å². The molecule has 3 heteroatoms. The molecule has 1 aliphatic heterocycles. The number of aromatic nitrogens is 2. The first-order valence-corrected chi connectivity index (χ1v) is 6.11. The SMILES string of the molecule is CC(C)N1Cc2[nH]nc(-c3ccccc3)c2C1. The molecule has 88 valence electrons. The van der Waals surface area contributed by atoms with Gasteiger partial charge in [0.25, 0.3) is 0 Å². The highest BCUT2D eigenvalue weighted by molar-refractivity contribution is 5.64. The van der Waals surface area contributed by atoms with Gasteiger partial charge in [0.15, 0.2) is 0 Å². The lowest BCUT2D eigenvalue weighted by Gasteiger charge is -2.19. The molecule has 3 nitrogen and oxygen atoms in total. The normalized spacial score (nSPS) is 15.5. The predicted octanol–water partition coefficient (Wildman–Crippen LogP) is 2.80. The molecule has 2 heterocycles. The van der Waals surface area contributed by atoms with Crippen molar-refractivity contribution in [3.8, 4) is 11.3 Å². The average Bonchev–Trinajstić information content (AvgIpc) is 2.89. The van der Waals surface area contributed by atoms with E-state index in [0.29, 0.717) is 6.04 Å². The second-order valence-corrected chi connectivity index (χ2v) is 4.89. The fourth-order valence-corrected chi connectivity index (χ4v) is 2.36. The Bertz CT molecular complexity index is 514. The largest absolute Gasteiger partial charge is 0.291 e. The van der Waals surface area contributed by atoms with Crippen molar-refractivity contribution < 1.29 is 0 Å². The van der Waals surface area contributed by atoms with Crippen LogP contribution < -0.4 is 0 Å². The summed E-state index contributed by atoms with van der Waals surface area (Å²) in [5.41, 5.74) is 4.96. The number of rotatable bonds is 2. The first kappa shape index (κ1) is 10.5. The van der Waals surface area contributed by atoms with Gasteiger partial charge in [-0.15, -0.1) is 0 Å². The summed E-state index contributed by atoms with van der Waals surface area (Å²) in [6.07, 6.45) is 0. The fraction of sp³-hybridized carbons (Fsp3) is 0.357. The summed E-state index contributed by atoms with van der Waals surface area (Å²) in [6.45, 7) is 6.48. The van der Waals surface area contributed by atoms with Crippen LogP contribution in [0.1, 0.15) is 25.1 Å².